The number of hydrogen-bond acceptors (Lipinski definition) is 3. The summed E-state index contributed by atoms with van der Waals surface area (Å²) in [5.74, 6) is 0.455. The molecule has 23 heavy (non-hydrogen) atoms. The van der Waals surface area contributed by atoms with E-state index in [1.54, 1.807) is 13.8 Å². The Morgan fingerprint density at radius 1 is 1.17 bits per heavy atom. The van der Waals surface area contributed by atoms with Crippen molar-refractivity contribution in [2.75, 3.05) is 13.1 Å². The topological polar surface area (TPSA) is 43.7 Å². The summed E-state index contributed by atoms with van der Waals surface area (Å²) in [7, 11) is 0. The summed E-state index contributed by atoms with van der Waals surface area (Å²) in [5.41, 5.74) is 0.579. The van der Waals surface area contributed by atoms with Gasteiger partial charge in [-0.2, -0.15) is 0 Å². The lowest BCUT2D eigenvalue weighted by Gasteiger charge is -2.34. The highest BCUT2D eigenvalue weighted by Gasteiger charge is 2.24. The Morgan fingerprint density at radius 2 is 1.83 bits per heavy atom. The van der Waals surface area contributed by atoms with E-state index < -0.39 is 11.8 Å². The third-order valence-corrected chi connectivity index (χ3v) is 4.19. The van der Waals surface area contributed by atoms with Crippen LogP contribution in [0, 0.1) is 5.92 Å². The molecule has 0 spiro atoms. The Kier molecular flexibility index (Phi) is 8.82. The first kappa shape index (κ1) is 20.1. The molecule has 2 atom stereocenters. The summed E-state index contributed by atoms with van der Waals surface area (Å²) in [6, 6.07) is 10.5. The lowest BCUT2D eigenvalue weighted by molar-refractivity contribution is -0.0586. The third-order valence-electron chi connectivity index (χ3n) is 4.19. The summed E-state index contributed by atoms with van der Waals surface area (Å²) in [6.45, 7) is 9.31. The van der Waals surface area contributed by atoms with Crippen LogP contribution in [0.15, 0.2) is 30.3 Å². The zero-order chi connectivity index (χ0) is 17.3. The van der Waals surface area contributed by atoms with E-state index in [0.717, 1.165) is 38.6 Å². The average molecular weight is 322 g/mol. The van der Waals surface area contributed by atoms with Gasteiger partial charge in [0.15, 0.2) is 0 Å². The van der Waals surface area contributed by atoms with E-state index in [2.05, 4.69) is 38.1 Å². The monoisotopic (exact) mass is 321 g/mol. The Hall–Kier alpha value is -0.900. The maximum absolute atomic E-state index is 10.6. The smallest absolute Gasteiger partial charge is 0.107 e. The van der Waals surface area contributed by atoms with Gasteiger partial charge in [-0.3, -0.25) is 4.90 Å². The van der Waals surface area contributed by atoms with Crippen molar-refractivity contribution in [2.45, 2.75) is 71.6 Å². The van der Waals surface area contributed by atoms with Crippen molar-refractivity contribution in [1.82, 2.24) is 4.90 Å². The van der Waals surface area contributed by atoms with Gasteiger partial charge >= 0.3 is 0 Å². The van der Waals surface area contributed by atoms with Crippen LogP contribution in [0.3, 0.4) is 0 Å². The number of aryl methyl sites for hydroxylation is 1. The molecule has 0 aliphatic rings. The minimum atomic E-state index is -0.776. The van der Waals surface area contributed by atoms with E-state index in [1.165, 1.54) is 5.56 Å². The van der Waals surface area contributed by atoms with Crippen LogP contribution in [0.25, 0.3) is 0 Å². The van der Waals surface area contributed by atoms with E-state index in [4.69, 9.17) is 0 Å². The normalized spacial score (nSPS) is 14.9. The van der Waals surface area contributed by atoms with Gasteiger partial charge in [0.2, 0.25) is 0 Å². The molecule has 2 unspecified atom stereocenters. The second-order valence-electron chi connectivity index (χ2n) is 7.48. The maximum atomic E-state index is 10.6. The lowest BCUT2D eigenvalue weighted by atomic mass is 9.96. The average Bonchev–Trinajstić information content (AvgIpc) is 2.49. The molecule has 3 nitrogen and oxygen atoms in total. The molecule has 0 saturated heterocycles. The van der Waals surface area contributed by atoms with Crippen LogP contribution >= 0.6 is 0 Å². The highest BCUT2D eigenvalue weighted by Crippen LogP contribution is 2.18. The van der Waals surface area contributed by atoms with E-state index >= 15 is 0 Å². The van der Waals surface area contributed by atoms with Gasteiger partial charge in [0.25, 0.3) is 0 Å². The van der Waals surface area contributed by atoms with Crippen LogP contribution in [0.5, 0.6) is 0 Å². The zero-order valence-corrected chi connectivity index (χ0v) is 15.3. The van der Waals surface area contributed by atoms with Crippen LogP contribution in [0.4, 0.5) is 0 Å². The highest BCUT2D eigenvalue weighted by molar-refractivity contribution is 5.14. The molecule has 0 aliphatic carbocycles. The Balaban J connectivity index is 2.46. The lowest BCUT2D eigenvalue weighted by Crippen LogP contribution is -2.45. The van der Waals surface area contributed by atoms with Crippen molar-refractivity contribution >= 4 is 0 Å². The summed E-state index contributed by atoms with van der Waals surface area (Å²) < 4.78 is 0. The number of aliphatic hydroxyl groups excluding tert-OH is 1. The van der Waals surface area contributed by atoms with Crippen LogP contribution < -0.4 is 0 Å². The molecule has 0 saturated carbocycles. The van der Waals surface area contributed by atoms with Crippen molar-refractivity contribution in [2.24, 2.45) is 5.92 Å². The van der Waals surface area contributed by atoms with Crippen molar-refractivity contribution < 1.29 is 10.2 Å². The van der Waals surface area contributed by atoms with Crippen molar-refractivity contribution in [3.8, 4) is 0 Å². The molecule has 3 heteroatoms. The number of nitrogens with zero attached hydrogens (tertiary/aromatic N) is 1. The molecule has 0 aromatic heterocycles. The van der Waals surface area contributed by atoms with Crippen LogP contribution in [-0.4, -0.2) is 40.0 Å². The molecule has 0 fully saturated rings. The highest BCUT2D eigenvalue weighted by atomic mass is 16.3. The zero-order valence-electron chi connectivity index (χ0n) is 15.3. The predicted octanol–water partition coefficient (Wildman–Crippen LogP) is 3.84. The van der Waals surface area contributed by atoms with Gasteiger partial charge in [0.05, 0.1) is 5.60 Å². The van der Waals surface area contributed by atoms with Gasteiger partial charge in [-0.15, -0.1) is 0 Å². The summed E-state index contributed by atoms with van der Waals surface area (Å²) >= 11 is 0. The molecule has 1 aromatic rings. The molecule has 1 aromatic carbocycles. The van der Waals surface area contributed by atoms with E-state index in [1.807, 2.05) is 11.0 Å². The first-order valence-electron chi connectivity index (χ1n) is 9.00. The minimum absolute atomic E-state index is 0.455. The van der Waals surface area contributed by atoms with Gasteiger partial charge in [-0.1, -0.05) is 50.6 Å². The fraction of sp³-hybridized carbons (Fsp3) is 0.700. The molecule has 2 N–H and O–H groups in total. The molecular formula is C20H35NO2. The van der Waals surface area contributed by atoms with Gasteiger partial charge in [0, 0.05) is 13.1 Å². The SMILES string of the molecule is CCCCN(CC(C)(C)O)C(O)CC(C)CCc1ccccc1. The number of benzene rings is 1. The Bertz CT molecular complexity index is 413. The van der Waals surface area contributed by atoms with Gasteiger partial charge in [-0.25, -0.2) is 0 Å². The second-order valence-corrected chi connectivity index (χ2v) is 7.48. The standard InChI is InChI=1S/C20H35NO2/c1-5-6-14-21(16-20(3,4)23)19(22)15-17(2)12-13-18-10-8-7-9-11-18/h7-11,17,19,22-23H,5-6,12-16H2,1-4H3. The molecular weight excluding hydrogens is 286 g/mol. The maximum Gasteiger partial charge on any atom is 0.107 e. The number of unbranched alkanes of at least 4 members (excludes halogenated alkanes) is 1. The fourth-order valence-corrected chi connectivity index (χ4v) is 2.88. The van der Waals surface area contributed by atoms with E-state index in [0.29, 0.717) is 12.5 Å². The largest absolute Gasteiger partial charge is 0.389 e. The van der Waals surface area contributed by atoms with Crippen LogP contribution in [-0.2, 0) is 6.42 Å². The molecule has 1 rings (SSSR count). The van der Waals surface area contributed by atoms with Crippen LogP contribution in [0.1, 0.15) is 58.9 Å². The quantitative estimate of drug-likeness (QED) is 0.609. The minimum Gasteiger partial charge on any atom is -0.389 e. The van der Waals surface area contributed by atoms with Gasteiger partial charge in [0.1, 0.15) is 6.23 Å². The van der Waals surface area contributed by atoms with Crippen molar-refractivity contribution in [1.29, 1.82) is 0 Å². The molecule has 0 heterocycles. The molecule has 0 bridgehead atoms. The molecule has 132 valence electrons. The Morgan fingerprint density at radius 3 is 2.39 bits per heavy atom. The fourth-order valence-electron chi connectivity index (χ4n) is 2.88. The predicted molar refractivity (Wildman–Crippen MR) is 97.3 cm³/mol. The van der Waals surface area contributed by atoms with Crippen molar-refractivity contribution in [3.63, 3.8) is 0 Å². The molecule has 0 radical (unpaired) electrons. The Labute approximate surface area is 142 Å². The number of hydrogen-bond donors (Lipinski definition) is 2. The number of rotatable bonds is 11. The van der Waals surface area contributed by atoms with E-state index in [9.17, 15) is 10.2 Å². The van der Waals surface area contributed by atoms with Gasteiger partial charge in [-0.05, 0) is 51.0 Å². The van der Waals surface area contributed by atoms with Gasteiger partial charge < -0.3 is 10.2 Å². The van der Waals surface area contributed by atoms with Crippen molar-refractivity contribution in [3.05, 3.63) is 35.9 Å². The molecule has 0 aliphatic heterocycles. The summed E-state index contributed by atoms with van der Waals surface area (Å²) in [6.07, 6.45) is 4.55. The summed E-state index contributed by atoms with van der Waals surface area (Å²) in [4.78, 5) is 2.03. The third kappa shape index (κ3) is 9.09. The van der Waals surface area contributed by atoms with Crippen LogP contribution in [0.2, 0.25) is 0 Å². The van der Waals surface area contributed by atoms with E-state index in [-0.39, 0.29) is 0 Å². The number of aliphatic hydroxyl groups is 2. The molecule has 0 amide bonds. The summed E-state index contributed by atoms with van der Waals surface area (Å²) in [5, 5.41) is 20.7. The first-order valence-corrected chi connectivity index (χ1v) is 9.00. The first-order chi connectivity index (χ1) is 10.8. The second kappa shape index (κ2) is 10.1.